The summed E-state index contributed by atoms with van der Waals surface area (Å²) in [5, 5.41) is 2.36. The summed E-state index contributed by atoms with van der Waals surface area (Å²) in [6.07, 6.45) is 1.83. The van der Waals surface area contributed by atoms with Gasteiger partial charge in [0.2, 0.25) is 0 Å². The van der Waals surface area contributed by atoms with Crippen LogP contribution in [0.15, 0.2) is 382 Å². The van der Waals surface area contributed by atoms with Gasteiger partial charge in [-0.3, -0.25) is 9.97 Å². The van der Waals surface area contributed by atoms with Crippen molar-refractivity contribution < 1.29 is 0 Å². The quantitative estimate of drug-likeness (QED) is 0.0952. The summed E-state index contributed by atoms with van der Waals surface area (Å²) in [6.45, 7) is 8.07. The highest BCUT2D eigenvalue weighted by Gasteiger charge is 2.19. The van der Waals surface area contributed by atoms with Gasteiger partial charge in [0.15, 0.2) is 58.2 Å². The van der Waals surface area contributed by atoms with E-state index < -0.39 is 0 Å². The summed E-state index contributed by atoms with van der Waals surface area (Å²) in [5.41, 5.74) is 24.6. The Morgan fingerprint density at radius 1 is 0.164 bits per heavy atom. The van der Waals surface area contributed by atoms with Crippen LogP contribution in [0.3, 0.4) is 0 Å². The monoisotopic (exact) mass is 1490 g/mol. The van der Waals surface area contributed by atoms with Crippen molar-refractivity contribution in [1.29, 1.82) is 0 Å². The van der Waals surface area contributed by atoms with Crippen LogP contribution in [0.25, 0.3) is 180 Å². The summed E-state index contributed by atoms with van der Waals surface area (Å²) < 4.78 is 0. The number of aryl methyl sites for hydroxylation is 4. The van der Waals surface area contributed by atoms with Crippen molar-refractivity contribution in [1.82, 2.24) is 64.8 Å². The summed E-state index contributed by atoms with van der Waals surface area (Å²) in [5.74, 6) is 6.61. The lowest BCUT2D eigenvalue weighted by molar-refractivity contribution is 1.06. The van der Waals surface area contributed by atoms with Crippen LogP contribution in [0, 0.1) is 27.7 Å². The average Bonchev–Trinajstić information content (AvgIpc) is 0.805. The Morgan fingerprint density at radius 2 is 0.422 bits per heavy atom. The minimum atomic E-state index is 0.639. The first kappa shape index (κ1) is 73.3. The number of fused-ring (bicyclic) bond motifs is 1. The van der Waals surface area contributed by atoms with E-state index in [0.29, 0.717) is 52.4 Å². The maximum Gasteiger partial charge on any atom is 0.164 e. The molecular formula is C103H75N13. The molecule has 0 atom stereocenters. The fourth-order valence-corrected chi connectivity index (χ4v) is 14.0. The van der Waals surface area contributed by atoms with E-state index in [1.54, 1.807) is 0 Å². The van der Waals surface area contributed by atoms with Crippen LogP contribution in [0.1, 0.15) is 22.8 Å². The minimum absolute atomic E-state index is 0.639. The average molecular weight is 1490 g/mol. The Morgan fingerprint density at radius 3 is 0.776 bits per heavy atom. The molecular weight excluding hydrogens is 1420 g/mol. The molecule has 0 saturated heterocycles. The SMILES string of the molecule is Cc1cc(C)nc(-c2ccc(-c3cccc(-c4nc(-c5ccccc5)nc(-c5ccccc5)n4)c3)cc2)n1.Cc1cc2ccccc2c(-c2ccc(-c3cccc(-c4nc(-c5ccccc5)nc(-c5ccccc5)n4)c3)cc2)n1.Cc1ncccc1-c1cccc(-c2ccc(-c3nc(-c4ccccc4)nc(-c4ccccc4)n3)cc2)c1. The molecule has 0 saturated carbocycles. The predicted octanol–water partition coefficient (Wildman–Crippen LogP) is 24.6. The third-order valence-corrected chi connectivity index (χ3v) is 19.8. The Bertz CT molecular complexity index is 6450. The van der Waals surface area contributed by atoms with E-state index in [9.17, 15) is 0 Å². The van der Waals surface area contributed by atoms with Crippen LogP contribution in [0.2, 0.25) is 0 Å². The van der Waals surface area contributed by atoms with E-state index >= 15 is 0 Å². The lowest BCUT2D eigenvalue weighted by Crippen LogP contribution is -2.00. The molecule has 0 radical (unpaired) electrons. The topological polar surface area (TPSA) is 168 Å². The maximum absolute atomic E-state index is 4.89. The number of hydrogen-bond acceptors (Lipinski definition) is 13. The number of rotatable bonds is 15. The highest BCUT2D eigenvalue weighted by atomic mass is 15.1. The van der Waals surface area contributed by atoms with Crippen molar-refractivity contribution >= 4 is 10.8 Å². The number of aromatic nitrogens is 13. The number of hydrogen-bond donors (Lipinski definition) is 0. The fraction of sp³-hybridized carbons (Fsp3) is 0.0388. The zero-order chi connectivity index (χ0) is 78.5. The van der Waals surface area contributed by atoms with Gasteiger partial charge in [-0.05, 0) is 108 Å². The molecule has 116 heavy (non-hydrogen) atoms. The van der Waals surface area contributed by atoms with Gasteiger partial charge in [-0.1, -0.05) is 340 Å². The summed E-state index contributed by atoms with van der Waals surface area (Å²) in [6, 6.07) is 127. The molecule has 19 rings (SSSR count). The van der Waals surface area contributed by atoms with Gasteiger partial charge in [0, 0.05) is 101 Å². The molecule has 0 bridgehead atoms. The Balaban J connectivity index is 0.000000125. The fourth-order valence-electron chi connectivity index (χ4n) is 14.0. The molecule has 13 heteroatoms. The third kappa shape index (κ3) is 17.0. The van der Waals surface area contributed by atoms with Crippen molar-refractivity contribution in [3.63, 3.8) is 0 Å². The van der Waals surface area contributed by atoms with E-state index in [0.717, 1.165) is 145 Å². The molecule has 19 aromatic rings. The third-order valence-electron chi connectivity index (χ3n) is 19.8. The highest BCUT2D eigenvalue weighted by Crippen LogP contribution is 2.36. The summed E-state index contributed by atoms with van der Waals surface area (Å²) in [4.78, 5) is 62.1. The van der Waals surface area contributed by atoms with E-state index in [1.807, 2.05) is 240 Å². The van der Waals surface area contributed by atoms with Crippen molar-refractivity contribution in [2.24, 2.45) is 0 Å². The minimum Gasteiger partial charge on any atom is -0.261 e. The normalized spacial score (nSPS) is 10.9. The first-order valence-electron chi connectivity index (χ1n) is 38.4. The lowest BCUT2D eigenvalue weighted by Gasteiger charge is -2.11. The number of pyridine rings is 2. The van der Waals surface area contributed by atoms with Crippen molar-refractivity contribution in [2.75, 3.05) is 0 Å². The summed E-state index contributed by atoms with van der Waals surface area (Å²) in [7, 11) is 0. The van der Waals surface area contributed by atoms with Crippen molar-refractivity contribution in [3.8, 4) is 170 Å². The Hall–Kier alpha value is -15.5. The van der Waals surface area contributed by atoms with E-state index in [4.69, 9.17) is 49.8 Å². The van der Waals surface area contributed by atoms with Gasteiger partial charge in [-0.25, -0.2) is 54.8 Å². The first-order valence-corrected chi connectivity index (χ1v) is 38.4. The van der Waals surface area contributed by atoms with Gasteiger partial charge in [0.25, 0.3) is 0 Å². The second-order valence-corrected chi connectivity index (χ2v) is 28.0. The van der Waals surface area contributed by atoms with Gasteiger partial charge >= 0.3 is 0 Å². The molecule has 552 valence electrons. The van der Waals surface area contributed by atoms with Gasteiger partial charge in [-0.15, -0.1) is 0 Å². The van der Waals surface area contributed by atoms with Gasteiger partial charge in [0.1, 0.15) is 0 Å². The standard InChI is InChI=1S/C37H26N4.C33H25N5.C33H24N4/c1-25-23-31-15-8-9-18-33(31)34(38-25)27-21-19-26(20-22-27)30-16-10-17-32(24-30)37-40-35(28-11-4-2-5-12-28)39-36(41-37)29-13-6-3-7-14-29;1-22-20-23(2)35-30(34-22)27-18-16-24(17-19-27)28-14-9-15-29(21-28)33-37-31(25-10-5-3-6-11-25)36-32(38-33)26-12-7-4-8-13-26;1-23-30(16-9-21-34-23)29-15-8-14-28(22-29)24-17-19-27(20-18-24)33-36-31(25-10-4-2-5-11-25)35-32(37-33)26-12-6-3-7-13-26/h2-24H,1H3;3-21H,1-2H3;2-22H,1H3. The molecule has 0 fully saturated rings. The first-order chi connectivity index (χ1) is 57.1. The molecule has 0 spiro atoms. The molecule has 13 nitrogen and oxygen atoms in total. The molecule has 13 aromatic carbocycles. The molecule has 0 aliphatic carbocycles. The van der Waals surface area contributed by atoms with Crippen molar-refractivity contribution in [3.05, 3.63) is 405 Å². The largest absolute Gasteiger partial charge is 0.261 e. The Kier molecular flexibility index (Phi) is 21.5. The van der Waals surface area contributed by atoms with E-state index in [-0.39, 0.29) is 0 Å². The Labute approximate surface area is 673 Å². The second-order valence-electron chi connectivity index (χ2n) is 28.0. The molecule has 0 aliphatic heterocycles. The molecule has 6 heterocycles. The summed E-state index contributed by atoms with van der Waals surface area (Å²) >= 11 is 0. The number of benzene rings is 13. The van der Waals surface area contributed by atoms with Crippen LogP contribution in [-0.4, -0.2) is 64.8 Å². The van der Waals surface area contributed by atoms with Crippen LogP contribution in [0.4, 0.5) is 0 Å². The van der Waals surface area contributed by atoms with Crippen LogP contribution in [0.5, 0.6) is 0 Å². The number of nitrogens with zero attached hydrogens (tertiary/aromatic N) is 13. The molecule has 0 aliphatic rings. The highest BCUT2D eigenvalue weighted by molar-refractivity contribution is 5.95. The van der Waals surface area contributed by atoms with Gasteiger partial charge < -0.3 is 0 Å². The van der Waals surface area contributed by atoms with Crippen molar-refractivity contribution in [2.45, 2.75) is 27.7 Å². The van der Waals surface area contributed by atoms with Crippen LogP contribution < -0.4 is 0 Å². The lowest BCUT2D eigenvalue weighted by atomic mass is 9.98. The molecule has 0 amide bonds. The van der Waals surface area contributed by atoms with E-state index in [1.165, 1.54) is 5.39 Å². The van der Waals surface area contributed by atoms with Crippen LogP contribution >= 0.6 is 0 Å². The van der Waals surface area contributed by atoms with Gasteiger partial charge in [0.05, 0.1) is 5.69 Å². The molecule has 6 aromatic heterocycles. The van der Waals surface area contributed by atoms with Crippen LogP contribution in [-0.2, 0) is 0 Å². The smallest absolute Gasteiger partial charge is 0.164 e. The molecule has 0 N–H and O–H groups in total. The van der Waals surface area contributed by atoms with E-state index in [2.05, 4.69) is 185 Å². The molecule has 0 unspecified atom stereocenters. The zero-order valence-corrected chi connectivity index (χ0v) is 64.2. The maximum atomic E-state index is 4.89. The predicted molar refractivity (Wildman–Crippen MR) is 469 cm³/mol. The second kappa shape index (κ2) is 34.0. The zero-order valence-electron chi connectivity index (χ0n) is 64.2. The van der Waals surface area contributed by atoms with Gasteiger partial charge in [-0.2, -0.15) is 0 Å².